The summed E-state index contributed by atoms with van der Waals surface area (Å²) < 4.78 is 0. The van der Waals surface area contributed by atoms with Gasteiger partial charge in [0.25, 0.3) is 0 Å². The van der Waals surface area contributed by atoms with Gasteiger partial charge in [-0.25, -0.2) is 4.79 Å². The lowest BCUT2D eigenvalue weighted by atomic mass is 9.45. The van der Waals surface area contributed by atoms with Crippen molar-refractivity contribution in [2.75, 3.05) is 0 Å². The lowest BCUT2D eigenvalue weighted by Crippen LogP contribution is -2.62. The zero-order valence-corrected chi connectivity index (χ0v) is 11.4. The monoisotopic (exact) mass is 266 g/mol. The highest BCUT2D eigenvalue weighted by Gasteiger charge is 2.62. The van der Waals surface area contributed by atoms with Crippen LogP contribution in [0.15, 0.2) is 11.6 Å². The highest BCUT2D eigenvalue weighted by atomic mass is 16.4. The summed E-state index contributed by atoms with van der Waals surface area (Å²) in [6.07, 6.45) is 6.97. The van der Waals surface area contributed by atoms with E-state index in [-0.39, 0.29) is 5.41 Å². The van der Waals surface area contributed by atoms with E-state index in [1.54, 1.807) is 13.0 Å². The number of carboxylic acids is 1. The summed E-state index contributed by atoms with van der Waals surface area (Å²) in [5.41, 5.74) is -1.19. The molecule has 106 valence electrons. The number of hydrogen-bond donors (Lipinski definition) is 3. The van der Waals surface area contributed by atoms with E-state index >= 15 is 0 Å². The van der Waals surface area contributed by atoms with Crippen LogP contribution in [-0.4, -0.2) is 32.5 Å². The van der Waals surface area contributed by atoms with Crippen LogP contribution in [-0.2, 0) is 4.79 Å². The quantitative estimate of drug-likeness (QED) is 0.681. The van der Waals surface area contributed by atoms with Crippen LogP contribution in [0.2, 0.25) is 0 Å². The van der Waals surface area contributed by atoms with E-state index in [4.69, 9.17) is 5.11 Å². The topological polar surface area (TPSA) is 77.8 Å². The molecule has 4 nitrogen and oxygen atoms in total. The van der Waals surface area contributed by atoms with Gasteiger partial charge in [-0.15, -0.1) is 0 Å². The third-order valence-electron chi connectivity index (χ3n) is 5.30. The SMILES string of the molecule is CC(=CCC12CC3CC(O)(CC(O)(C3)C1)C2)C(=O)O. The number of allylic oxidation sites excluding steroid dienone is 1. The molecular formula is C15H22O4. The van der Waals surface area contributed by atoms with E-state index in [9.17, 15) is 15.0 Å². The molecule has 2 unspecified atom stereocenters. The zero-order valence-electron chi connectivity index (χ0n) is 11.4. The molecule has 19 heavy (non-hydrogen) atoms. The fourth-order valence-electron chi connectivity index (χ4n) is 5.22. The van der Waals surface area contributed by atoms with Crippen molar-refractivity contribution in [2.24, 2.45) is 11.3 Å². The van der Waals surface area contributed by atoms with Crippen molar-refractivity contribution in [2.45, 2.75) is 63.1 Å². The molecule has 0 aromatic rings. The molecule has 0 amide bonds. The molecule has 0 saturated heterocycles. The Morgan fingerprint density at radius 1 is 1.16 bits per heavy atom. The summed E-state index contributed by atoms with van der Waals surface area (Å²) in [5, 5.41) is 30.1. The first kappa shape index (κ1) is 13.1. The Hall–Kier alpha value is -0.870. The minimum Gasteiger partial charge on any atom is -0.478 e. The first-order chi connectivity index (χ1) is 8.73. The molecule has 4 rings (SSSR count). The van der Waals surface area contributed by atoms with Crippen LogP contribution >= 0.6 is 0 Å². The smallest absolute Gasteiger partial charge is 0.330 e. The molecular weight excluding hydrogens is 244 g/mol. The Morgan fingerprint density at radius 3 is 2.21 bits per heavy atom. The van der Waals surface area contributed by atoms with Gasteiger partial charge in [-0.1, -0.05) is 6.08 Å². The number of rotatable bonds is 3. The molecule has 4 aliphatic rings. The second-order valence-electron chi connectivity index (χ2n) is 7.35. The molecule has 0 aliphatic heterocycles. The highest BCUT2D eigenvalue weighted by Crippen LogP contribution is 2.64. The molecule has 3 N–H and O–H groups in total. The summed E-state index contributed by atoms with van der Waals surface area (Å²) in [6, 6.07) is 0. The Labute approximate surface area is 113 Å². The van der Waals surface area contributed by atoms with Gasteiger partial charge in [-0.2, -0.15) is 0 Å². The highest BCUT2D eigenvalue weighted by molar-refractivity contribution is 5.85. The van der Waals surface area contributed by atoms with Crippen molar-refractivity contribution in [3.8, 4) is 0 Å². The molecule has 4 fully saturated rings. The molecule has 4 heteroatoms. The Bertz CT molecular complexity index is 435. The van der Waals surface area contributed by atoms with Crippen LogP contribution in [0.3, 0.4) is 0 Å². The third kappa shape index (κ3) is 2.21. The lowest BCUT2D eigenvalue weighted by molar-refractivity contribution is -0.229. The number of carbonyl (C=O) groups is 1. The van der Waals surface area contributed by atoms with Crippen LogP contribution in [0.25, 0.3) is 0 Å². The average molecular weight is 266 g/mol. The van der Waals surface area contributed by atoms with E-state index in [1.807, 2.05) is 0 Å². The van der Waals surface area contributed by atoms with E-state index in [1.165, 1.54) is 0 Å². The number of hydrogen-bond acceptors (Lipinski definition) is 3. The predicted octanol–water partition coefficient (Wildman–Crippen LogP) is 1.85. The second-order valence-corrected chi connectivity index (χ2v) is 7.35. The maximum absolute atomic E-state index is 10.9. The minimum absolute atomic E-state index is 0.0976. The number of carboxylic acid groups (broad SMARTS) is 1. The van der Waals surface area contributed by atoms with Gasteiger partial charge in [0.1, 0.15) is 0 Å². The number of aliphatic hydroxyl groups is 2. The summed E-state index contributed by atoms with van der Waals surface area (Å²) in [4.78, 5) is 10.9. The molecule has 0 heterocycles. The Morgan fingerprint density at radius 2 is 1.74 bits per heavy atom. The predicted molar refractivity (Wildman–Crippen MR) is 69.5 cm³/mol. The van der Waals surface area contributed by atoms with Crippen molar-refractivity contribution < 1.29 is 20.1 Å². The van der Waals surface area contributed by atoms with E-state index in [0.717, 1.165) is 19.3 Å². The first-order valence-corrected chi connectivity index (χ1v) is 7.08. The van der Waals surface area contributed by atoms with Gasteiger partial charge in [0, 0.05) is 12.0 Å². The van der Waals surface area contributed by atoms with Crippen LogP contribution in [0.5, 0.6) is 0 Å². The van der Waals surface area contributed by atoms with Crippen LogP contribution in [0.4, 0.5) is 0 Å². The summed E-state index contributed by atoms with van der Waals surface area (Å²) >= 11 is 0. The van der Waals surface area contributed by atoms with Gasteiger partial charge in [0.2, 0.25) is 0 Å². The van der Waals surface area contributed by atoms with Gasteiger partial charge >= 0.3 is 5.97 Å². The van der Waals surface area contributed by atoms with Crippen molar-refractivity contribution in [3.05, 3.63) is 11.6 Å². The van der Waals surface area contributed by atoms with Crippen LogP contribution in [0.1, 0.15) is 51.9 Å². The van der Waals surface area contributed by atoms with Crippen LogP contribution in [0, 0.1) is 11.3 Å². The van der Waals surface area contributed by atoms with E-state index in [0.29, 0.717) is 37.2 Å². The van der Waals surface area contributed by atoms with E-state index < -0.39 is 17.2 Å². The van der Waals surface area contributed by atoms with E-state index in [2.05, 4.69) is 0 Å². The van der Waals surface area contributed by atoms with Crippen molar-refractivity contribution in [1.29, 1.82) is 0 Å². The summed E-state index contributed by atoms with van der Waals surface area (Å²) in [5.74, 6) is -0.494. The molecule has 4 saturated carbocycles. The molecule has 4 aliphatic carbocycles. The fraction of sp³-hybridized carbons (Fsp3) is 0.800. The Kier molecular flexibility index (Phi) is 2.64. The van der Waals surface area contributed by atoms with Gasteiger partial charge in [-0.05, 0) is 56.8 Å². The molecule has 4 bridgehead atoms. The molecule has 2 atom stereocenters. The minimum atomic E-state index is -0.887. The lowest BCUT2D eigenvalue weighted by Gasteiger charge is -2.63. The van der Waals surface area contributed by atoms with Gasteiger partial charge in [0.05, 0.1) is 11.2 Å². The van der Waals surface area contributed by atoms with Crippen molar-refractivity contribution in [3.63, 3.8) is 0 Å². The molecule has 0 aromatic carbocycles. The number of aliphatic carboxylic acids is 1. The molecule has 0 aromatic heterocycles. The maximum atomic E-state index is 10.9. The summed E-state index contributed by atoms with van der Waals surface area (Å²) in [6.45, 7) is 1.60. The largest absolute Gasteiger partial charge is 0.478 e. The van der Waals surface area contributed by atoms with Gasteiger partial charge in [-0.3, -0.25) is 0 Å². The maximum Gasteiger partial charge on any atom is 0.330 e. The fourth-order valence-corrected chi connectivity index (χ4v) is 5.22. The van der Waals surface area contributed by atoms with Gasteiger partial charge < -0.3 is 15.3 Å². The Balaban J connectivity index is 1.85. The third-order valence-corrected chi connectivity index (χ3v) is 5.30. The van der Waals surface area contributed by atoms with Crippen molar-refractivity contribution >= 4 is 5.97 Å². The standard InChI is InChI=1S/C15H22O4/c1-10(12(16)17)2-3-13-4-11-5-14(18,7-13)9-15(19,6-11)8-13/h2,11,18-19H,3-9H2,1H3,(H,16,17). The van der Waals surface area contributed by atoms with Crippen molar-refractivity contribution in [1.82, 2.24) is 0 Å². The first-order valence-electron chi connectivity index (χ1n) is 7.08. The molecule has 0 radical (unpaired) electrons. The van der Waals surface area contributed by atoms with Crippen LogP contribution < -0.4 is 0 Å². The van der Waals surface area contributed by atoms with Gasteiger partial charge in [0.15, 0.2) is 0 Å². The summed E-state index contributed by atoms with van der Waals surface area (Å²) in [7, 11) is 0. The normalized spacial score (nSPS) is 48.6. The zero-order chi connectivity index (χ0) is 13.9. The average Bonchev–Trinajstić information content (AvgIpc) is 2.20. The molecule has 0 spiro atoms. The second kappa shape index (κ2) is 3.83.